The molecule has 4 nitrogen and oxygen atoms in total. The minimum Gasteiger partial charge on any atom is -0.443 e. The van der Waals surface area contributed by atoms with Gasteiger partial charge in [0, 0.05) is 17.6 Å². The molecule has 0 bridgehead atoms. The molecule has 0 unspecified atom stereocenters. The van der Waals surface area contributed by atoms with Crippen LogP contribution in [0.5, 0.6) is 0 Å². The van der Waals surface area contributed by atoms with Crippen LogP contribution in [-0.4, -0.2) is 24.8 Å². The van der Waals surface area contributed by atoms with Gasteiger partial charge in [-0.25, -0.2) is 9.18 Å². The zero-order valence-electron chi connectivity index (χ0n) is 12.9. The number of anilines is 1. The Morgan fingerprint density at radius 1 is 1.43 bits per heavy atom. The number of carbonyl (C=O) groups is 1. The molecule has 1 saturated carbocycles. The number of ether oxygens (including phenoxy) is 1. The van der Waals surface area contributed by atoms with Crippen molar-refractivity contribution in [2.24, 2.45) is 11.1 Å². The Kier molecular flexibility index (Phi) is 4.23. The molecule has 21 heavy (non-hydrogen) atoms. The monoisotopic (exact) mass is 294 g/mol. The fraction of sp³-hybridized carbons (Fsp3) is 0.562. The van der Waals surface area contributed by atoms with E-state index in [1.54, 1.807) is 12.1 Å². The van der Waals surface area contributed by atoms with Crippen LogP contribution in [0.4, 0.5) is 14.9 Å². The molecule has 1 amide bonds. The molecule has 1 aliphatic carbocycles. The first-order valence-electron chi connectivity index (χ1n) is 7.21. The molecule has 0 aromatic heterocycles. The SMILES string of the molecule is CC(C)(C)OC(=O)N(CC1(CN)CC1)c1cccc(F)c1. The standard InChI is InChI=1S/C16H23FN2O2/c1-15(2,3)21-14(20)19(11-16(10-18)7-8-16)13-6-4-5-12(17)9-13/h4-6,9H,7-8,10-11,18H2,1-3H3. The number of hydrogen-bond acceptors (Lipinski definition) is 3. The lowest BCUT2D eigenvalue weighted by Gasteiger charge is -2.30. The summed E-state index contributed by atoms with van der Waals surface area (Å²) in [5.41, 5.74) is 5.66. The molecule has 0 atom stereocenters. The van der Waals surface area contributed by atoms with Gasteiger partial charge in [0.1, 0.15) is 11.4 Å². The van der Waals surface area contributed by atoms with Gasteiger partial charge in [-0.15, -0.1) is 0 Å². The Labute approximate surface area is 125 Å². The van der Waals surface area contributed by atoms with Crippen LogP contribution in [-0.2, 0) is 4.74 Å². The first-order chi connectivity index (χ1) is 9.75. The summed E-state index contributed by atoms with van der Waals surface area (Å²) in [6, 6.07) is 5.99. The first-order valence-corrected chi connectivity index (χ1v) is 7.21. The summed E-state index contributed by atoms with van der Waals surface area (Å²) in [5, 5.41) is 0. The van der Waals surface area contributed by atoms with E-state index in [0.29, 0.717) is 18.8 Å². The maximum Gasteiger partial charge on any atom is 0.414 e. The van der Waals surface area contributed by atoms with Crippen LogP contribution in [0.1, 0.15) is 33.6 Å². The molecule has 0 aliphatic heterocycles. The van der Waals surface area contributed by atoms with Gasteiger partial charge in [0.15, 0.2) is 0 Å². The van der Waals surface area contributed by atoms with Crippen molar-refractivity contribution in [3.63, 3.8) is 0 Å². The van der Waals surface area contributed by atoms with Crippen molar-refractivity contribution in [3.05, 3.63) is 30.1 Å². The largest absolute Gasteiger partial charge is 0.443 e. The molecule has 1 aromatic carbocycles. The summed E-state index contributed by atoms with van der Waals surface area (Å²) in [7, 11) is 0. The van der Waals surface area contributed by atoms with Gasteiger partial charge in [-0.3, -0.25) is 4.90 Å². The molecule has 1 fully saturated rings. The molecule has 5 heteroatoms. The maximum absolute atomic E-state index is 13.5. The Balaban J connectivity index is 2.24. The second-order valence-electron chi connectivity index (χ2n) is 6.75. The Morgan fingerprint density at radius 3 is 2.57 bits per heavy atom. The molecule has 0 heterocycles. The molecule has 1 aliphatic rings. The number of halogens is 1. The Bertz CT molecular complexity index is 521. The third-order valence-electron chi connectivity index (χ3n) is 3.62. The third-order valence-corrected chi connectivity index (χ3v) is 3.62. The molecular weight excluding hydrogens is 271 g/mol. The highest BCUT2D eigenvalue weighted by molar-refractivity contribution is 5.88. The van der Waals surface area contributed by atoms with Crippen molar-refractivity contribution in [3.8, 4) is 0 Å². The molecule has 1 aromatic rings. The van der Waals surface area contributed by atoms with E-state index in [1.807, 2.05) is 20.8 Å². The van der Waals surface area contributed by atoms with Crippen LogP contribution in [0.3, 0.4) is 0 Å². The van der Waals surface area contributed by atoms with Gasteiger partial charge in [-0.2, -0.15) is 0 Å². The van der Waals surface area contributed by atoms with E-state index < -0.39 is 11.7 Å². The second kappa shape index (κ2) is 5.64. The normalized spacial score (nSPS) is 16.4. The Morgan fingerprint density at radius 2 is 2.10 bits per heavy atom. The summed E-state index contributed by atoms with van der Waals surface area (Å²) in [6.45, 7) is 6.41. The minimum absolute atomic E-state index is 0.0524. The highest BCUT2D eigenvalue weighted by atomic mass is 19.1. The molecular formula is C16H23FN2O2. The number of benzene rings is 1. The van der Waals surface area contributed by atoms with Gasteiger partial charge in [-0.1, -0.05) is 6.07 Å². The third kappa shape index (κ3) is 4.17. The van der Waals surface area contributed by atoms with Gasteiger partial charge in [-0.05, 0) is 58.4 Å². The summed E-state index contributed by atoms with van der Waals surface area (Å²) in [6.07, 6.45) is 1.50. The molecule has 0 saturated heterocycles. The molecule has 2 rings (SSSR count). The van der Waals surface area contributed by atoms with E-state index in [1.165, 1.54) is 17.0 Å². The predicted octanol–water partition coefficient (Wildman–Crippen LogP) is 3.31. The topological polar surface area (TPSA) is 55.6 Å². The van der Waals surface area contributed by atoms with Crippen LogP contribution >= 0.6 is 0 Å². The minimum atomic E-state index is -0.595. The Hall–Kier alpha value is -1.62. The van der Waals surface area contributed by atoms with E-state index in [2.05, 4.69) is 0 Å². The zero-order chi connectivity index (χ0) is 15.7. The number of carbonyl (C=O) groups excluding carboxylic acids is 1. The summed E-state index contributed by atoms with van der Waals surface area (Å²) in [5.74, 6) is -0.376. The lowest BCUT2D eigenvalue weighted by molar-refractivity contribution is 0.0573. The maximum atomic E-state index is 13.5. The number of rotatable bonds is 4. The van der Waals surface area contributed by atoms with Crippen molar-refractivity contribution in [2.45, 2.75) is 39.2 Å². The zero-order valence-corrected chi connectivity index (χ0v) is 12.9. The molecule has 116 valence electrons. The fourth-order valence-electron chi connectivity index (χ4n) is 2.16. The van der Waals surface area contributed by atoms with Gasteiger partial charge in [0.25, 0.3) is 0 Å². The smallest absolute Gasteiger partial charge is 0.414 e. The average Bonchev–Trinajstić information content (AvgIpc) is 3.14. The van der Waals surface area contributed by atoms with Crippen molar-refractivity contribution in [1.29, 1.82) is 0 Å². The molecule has 0 spiro atoms. The first kappa shape index (κ1) is 15.8. The van der Waals surface area contributed by atoms with Gasteiger partial charge < -0.3 is 10.5 Å². The van der Waals surface area contributed by atoms with Crippen LogP contribution in [0.15, 0.2) is 24.3 Å². The van der Waals surface area contributed by atoms with E-state index in [-0.39, 0.29) is 11.2 Å². The number of nitrogens with zero attached hydrogens (tertiary/aromatic N) is 1. The van der Waals surface area contributed by atoms with Crippen LogP contribution in [0.25, 0.3) is 0 Å². The van der Waals surface area contributed by atoms with E-state index in [4.69, 9.17) is 10.5 Å². The number of hydrogen-bond donors (Lipinski definition) is 1. The number of nitrogens with two attached hydrogens (primary N) is 1. The summed E-state index contributed by atoms with van der Waals surface area (Å²) in [4.78, 5) is 13.9. The second-order valence-corrected chi connectivity index (χ2v) is 6.75. The van der Waals surface area contributed by atoms with E-state index in [9.17, 15) is 9.18 Å². The lowest BCUT2D eigenvalue weighted by atomic mass is 10.1. The van der Waals surface area contributed by atoms with Crippen LogP contribution < -0.4 is 10.6 Å². The average molecular weight is 294 g/mol. The van der Waals surface area contributed by atoms with Crippen molar-refractivity contribution >= 4 is 11.8 Å². The predicted molar refractivity (Wildman–Crippen MR) is 80.7 cm³/mol. The van der Waals surface area contributed by atoms with Gasteiger partial charge in [0.2, 0.25) is 0 Å². The molecule has 2 N–H and O–H groups in total. The number of amides is 1. The fourth-order valence-corrected chi connectivity index (χ4v) is 2.16. The van der Waals surface area contributed by atoms with Gasteiger partial charge in [0.05, 0.1) is 0 Å². The van der Waals surface area contributed by atoms with E-state index in [0.717, 1.165) is 12.8 Å². The van der Waals surface area contributed by atoms with Crippen molar-refractivity contribution in [2.75, 3.05) is 18.0 Å². The van der Waals surface area contributed by atoms with Crippen LogP contribution in [0, 0.1) is 11.2 Å². The quantitative estimate of drug-likeness (QED) is 0.927. The molecule has 0 radical (unpaired) electrons. The summed E-state index contributed by atoms with van der Waals surface area (Å²) < 4.78 is 18.9. The van der Waals surface area contributed by atoms with Gasteiger partial charge >= 0.3 is 6.09 Å². The van der Waals surface area contributed by atoms with Crippen molar-refractivity contribution in [1.82, 2.24) is 0 Å². The highest BCUT2D eigenvalue weighted by Gasteiger charge is 2.44. The van der Waals surface area contributed by atoms with Crippen LogP contribution in [0.2, 0.25) is 0 Å². The summed E-state index contributed by atoms with van der Waals surface area (Å²) >= 11 is 0. The highest BCUT2D eigenvalue weighted by Crippen LogP contribution is 2.46. The van der Waals surface area contributed by atoms with E-state index >= 15 is 0 Å². The van der Waals surface area contributed by atoms with Crippen molar-refractivity contribution < 1.29 is 13.9 Å². The lowest BCUT2D eigenvalue weighted by Crippen LogP contribution is -2.42.